The Balaban J connectivity index is 1.76. The van der Waals surface area contributed by atoms with Crippen LogP contribution in [0.25, 0.3) is 5.57 Å². The Morgan fingerprint density at radius 2 is 1.83 bits per heavy atom. The Bertz CT molecular complexity index is 819. The van der Waals surface area contributed by atoms with Gasteiger partial charge in [-0.05, 0) is 49.6 Å². The second-order valence-electron chi connectivity index (χ2n) is 6.17. The summed E-state index contributed by atoms with van der Waals surface area (Å²) in [5, 5.41) is 5.03. The lowest BCUT2D eigenvalue weighted by Gasteiger charge is -2.36. The van der Waals surface area contributed by atoms with Gasteiger partial charge in [0.1, 0.15) is 11.6 Å². The predicted molar refractivity (Wildman–Crippen MR) is 92.6 cm³/mol. The van der Waals surface area contributed by atoms with Crippen LogP contribution in [0.1, 0.15) is 24.8 Å². The highest BCUT2D eigenvalue weighted by Crippen LogP contribution is 2.40. The van der Waals surface area contributed by atoms with E-state index in [-0.39, 0.29) is 0 Å². The van der Waals surface area contributed by atoms with E-state index in [9.17, 15) is 8.78 Å². The Labute approximate surface area is 144 Å². The number of anilines is 1. The van der Waals surface area contributed by atoms with Gasteiger partial charge >= 0.3 is 0 Å². The molecule has 0 aromatic heterocycles. The first-order valence-corrected chi connectivity index (χ1v) is 8.49. The van der Waals surface area contributed by atoms with Gasteiger partial charge in [-0.1, -0.05) is 17.7 Å². The molecule has 2 aromatic carbocycles. The van der Waals surface area contributed by atoms with Gasteiger partial charge in [-0.3, -0.25) is 10.0 Å². The van der Waals surface area contributed by atoms with Crippen molar-refractivity contribution in [2.75, 3.05) is 18.1 Å². The summed E-state index contributed by atoms with van der Waals surface area (Å²) in [6.45, 7) is 1.46. The summed E-state index contributed by atoms with van der Waals surface area (Å²) < 4.78 is 27.6. The number of hydrogen-bond donors (Lipinski definition) is 0. The summed E-state index contributed by atoms with van der Waals surface area (Å²) in [7, 11) is 0. The molecule has 0 radical (unpaired) electrons. The molecule has 1 fully saturated rings. The Morgan fingerprint density at radius 1 is 0.958 bits per heavy atom. The molecular formula is C19H17ClF2N2. The van der Waals surface area contributed by atoms with Gasteiger partial charge in [0.2, 0.25) is 0 Å². The SMILES string of the molecule is Fc1ccc(C2=C3CCCCN3N(c3cccc(Cl)c3)C2)c(F)c1. The highest BCUT2D eigenvalue weighted by atomic mass is 35.5. The molecule has 0 N–H and O–H groups in total. The topological polar surface area (TPSA) is 6.48 Å². The summed E-state index contributed by atoms with van der Waals surface area (Å²) in [5.74, 6) is -1.05. The smallest absolute Gasteiger partial charge is 0.133 e. The van der Waals surface area contributed by atoms with E-state index in [1.807, 2.05) is 24.3 Å². The first kappa shape index (κ1) is 15.5. The van der Waals surface area contributed by atoms with Crippen molar-refractivity contribution in [1.29, 1.82) is 0 Å². The Morgan fingerprint density at radius 3 is 2.62 bits per heavy atom. The van der Waals surface area contributed by atoms with Crippen molar-refractivity contribution in [3.63, 3.8) is 0 Å². The molecule has 2 nitrogen and oxygen atoms in total. The van der Waals surface area contributed by atoms with Gasteiger partial charge in [0.15, 0.2) is 0 Å². The average molecular weight is 347 g/mol. The number of nitrogens with zero attached hydrogens (tertiary/aromatic N) is 2. The molecule has 0 aliphatic carbocycles. The lowest BCUT2D eigenvalue weighted by molar-refractivity contribution is 0.294. The Kier molecular flexibility index (Phi) is 3.93. The number of fused-ring (bicyclic) bond motifs is 1. The van der Waals surface area contributed by atoms with E-state index in [0.717, 1.165) is 48.8 Å². The summed E-state index contributed by atoms with van der Waals surface area (Å²) in [6, 6.07) is 11.5. The molecule has 124 valence electrons. The first-order chi connectivity index (χ1) is 11.6. The minimum Gasteiger partial charge on any atom is -0.289 e. The molecule has 0 amide bonds. The molecule has 2 aliphatic rings. The van der Waals surface area contributed by atoms with Crippen LogP contribution in [-0.4, -0.2) is 18.1 Å². The zero-order valence-electron chi connectivity index (χ0n) is 13.1. The number of piperidine rings is 1. The largest absolute Gasteiger partial charge is 0.289 e. The van der Waals surface area contributed by atoms with Crippen molar-refractivity contribution >= 4 is 22.9 Å². The van der Waals surface area contributed by atoms with Crippen LogP contribution in [0.2, 0.25) is 5.02 Å². The van der Waals surface area contributed by atoms with Gasteiger partial charge in [-0.15, -0.1) is 0 Å². The van der Waals surface area contributed by atoms with Crippen molar-refractivity contribution in [2.24, 2.45) is 0 Å². The molecular weight excluding hydrogens is 330 g/mol. The number of rotatable bonds is 2. The number of hydrazine groups is 1. The molecule has 4 rings (SSSR count). The number of benzene rings is 2. The van der Waals surface area contributed by atoms with Gasteiger partial charge in [0.25, 0.3) is 0 Å². The fourth-order valence-electron chi connectivity index (χ4n) is 3.56. The van der Waals surface area contributed by atoms with E-state index in [0.29, 0.717) is 17.1 Å². The lowest BCUT2D eigenvalue weighted by atomic mass is 9.99. The molecule has 0 unspecified atom stereocenters. The van der Waals surface area contributed by atoms with Gasteiger partial charge in [-0.25, -0.2) is 8.78 Å². The second kappa shape index (κ2) is 6.10. The van der Waals surface area contributed by atoms with Crippen molar-refractivity contribution in [3.8, 4) is 0 Å². The third kappa shape index (κ3) is 2.65. The number of halogens is 3. The quantitative estimate of drug-likeness (QED) is 0.732. The molecule has 2 aliphatic heterocycles. The fraction of sp³-hybridized carbons (Fsp3) is 0.263. The van der Waals surface area contributed by atoms with Crippen LogP contribution in [0.15, 0.2) is 48.2 Å². The van der Waals surface area contributed by atoms with E-state index in [2.05, 4.69) is 10.0 Å². The van der Waals surface area contributed by atoms with Crippen LogP contribution in [-0.2, 0) is 0 Å². The van der Waals surface area contributed by atoms with E-state index in [1.165, 1.54) is 6.07 Å². The molecule has 0 spiro atoms. The standard InChI is InChI=1S/C19H17ClF2N2/c20-13-4-3-5-15(10-13)24-12-17(19-6-1-2-9-23(19)24)16-8-7-14(21)11-18(16)22/h3-5,7-8,10-11H,1-2,6,9,12H2. The highest BCUT2D eigenvalue weighted by molar-refractivity contribution is 6.30. The van der Waals surface area contributed by atoms with Gasteiger partial charge in [0, 0.05) is 34.5 Å². The zero-order chi connectivity index (χ0) is 16.7. The number of hydrogen-bond acceptors (Lipinski definition) is 2. The molecule has 0 atom stereocenters. The molecule has 5 heteroatoms. The van der Waals surface area contributed by atoms with E-state index in [1.54, 1.807) is 6.07 Å². The third-order valence-corrected chi connectivity index (χ3v) is 4.89. The van der Waals surface area contributed by atoms with E-state index < -0.39 is 11.6 Å². The van der Waals surface area contributed by atoms with E-state index >= 15 is 0 Å². The Hall–Kier alpha value is -2.07. The summed E-state index contributed by atoms with van der Waals surface area (Å²) in [4.78, 5) is 0. The van der Waals surface area contributed by atoms with Crippen molar-refractivity contribution in [1.82, 2.24) is 5.01 Å². The van der Waals surface area contributed by atoms with Crippen molar-refractivity contribution in [3.05, 3.63) is 70.4 Å². The van der Waals surface area contributed by atoms with Gasteiger partial charge in [-0.2, -0.15) is 0 Å². The normalized spacial score (nSPS) is 17.5. The van der Waals surface area contributed by atoms with Crippen LogP contribution >= 0.6 is 11.6 Å². The molecule has 2 aromatic rings. The zero-order valence-corrected chi connectivity index (χ0v) is 13.9. The maximum atomic E-state index is 14.3. The third-order valence-electron chi connectivity index (χ3n) is 4.66. The van der Waals surface area contributed by atoms with Crippen LogP contribution in [0.4, 0.5) is 14.5 Å². The summed E-state index contributed by atoms with van der Waals surface area (Å²) in [5.41, 5.74) is 3.54. The maximum absolute atomic E-state index is 14.3. The maximum Gasteiger partial charge on any atom is 0.133 e. The van der Waals surface area contributed by atoms with E-state index in [4.69, 9.17) is 11.6 Å². The molecule has 24 heavy (non-hydrogen) atoms. The van der Waals surface area contributed by atoms with Crippen LogP contribution in [0, 0.1) is 11.6 Å². The summed E-state index contributed by atoms with van der Waals surface area (Å²) in [6.07, 6.45) is 3.09. The second-order valence-corrected chi connectivity index (χ2v) is 6.60. The van der Waals surface area contributed by atoms with Gasteiger partial charge in [0.05, 0.1) is 12.2 Å². The predicted octanol–water partition coefficient (Wildman–Crippen LogP) is 5.25. The fourth-order valence-corrected chi connectivity index (χ4v) is 3.74. The number of allylic oxidation sites excluding steroid dienone is 1. The van der Waals surface area contributed by atoms with Gasteiger partial charge < -0.3 is 0 Å². The minimum atomic E-state index is -0.549. The average Bonchev–Trinajstić information content (AvgIpc) is 2.94. The first-order valence-electron chi connectivity index (χ1n) is 8.11. The summed E-state index contributed by atoms with van der Waals surface area (Å²) >= 11 is 6.13. The minimum absolute atomic E-state index is 0.489. The highest BCUT2D eigenvalue weighted by Gasteiger charge is 2.33. The monoisotopic (exact) mass is 346 g/mol. The van der Waals surface area contributed by atoms with Crippen LogP contribution in [0.3, 0.4) is 0 Å². The lowest BCUT2D eigenvalue weighted by Crippen LogP contribution is -2.39. The molecule has 1 saturated heterocycles. The molecule has 0 bridgehead atoms. The van der Waals surface area contributed by atoms with Crippen molar-refractivity contribution in [2.45, 2.75) is 19.3 Å². The van der Waals surface area contributed by atoms with Crippen LogP contribution in [0.5, 0.6) is 0 Å². The van der Waals surface area contributed by atoms with Crippen LogP contribution < -0.4 is 5.01 Å². The molecule has 0 saturated carbocycles. The van der Waals surface area contributed by atoms with Crippen molar-refractivity contribution < 1.29 is 8.78 Å². The molecule has 2 heterocycles.